The molecule has 2 aliphatic heterocycles. The minimum absolute atomic E-state index is 0.134. The fourth-order valence-corrected chi connectivity index (χ4v) is 6.11. The number of nitrogens with one attached hydrogen (secondary N) is 1. The number of carbonyl (C=O) groups is 2. The first-order valence-corrected chi connectivity index (χ1v) is 11.6. The molecule has 0 aromatic heterocycles. The van der Waals surface area contributed by atoms with Gasteiger partial charge >= 0.3 is 0 Å². The Balaban J connectivity index is 2.09. The van der Waals surface area contributed by atoms with E-state index in [-0.39, 0.29) is 35.7 Å². The van der Waals surface area contributed by atoms with E-state index in [9.17, 15) is 18.4 Å². The molecule has 158 valence electrons. The average molecular weight is 420 g/mol. The average Bonchev–Trinajstić information content (AvgIpc) is 2.71. The third-order valence-corrected chi connectivity index (χ3v) is 7.61. The molecule has 0 radical (unpaired) electrons. The van der Waals surface area contributed by atoms with E-state index in [1.54, 1.807) is 31.3 Å². The molecular weight excluding hydrogens is 390 g/mol. The van der Waals surface area contributed by atoms with Crippen molar-refractivity contribution in [2.75, 3.05) is 25.0 Å². The van der Waals surface area contributed by atoms with Crippen molar-refractivity contribution in [3.05, 3.63) is 36.4 Å². The zero-order chi connectivity index (χ0) is 21.2. The first-order valence-electron chi connectivity index (χ1n) is 10.1. The molecule has 7 nitrogen and oxygen atoms in total. The number of hydrogen-bond donors (Lipinski definition) is 1. The number of benzene rings is 1. The van der Waals surface area contributed by atoms with Gasteiger partial charge in [-0.25, -0.2) is 0 Å². The van der Waals surface area contributed by atoms with Crippen molar-refractivity contribution >= 4 is 27.9 Å². The first kappa shape index (κ1) is 21.7. The quantitative estimate of drug-likeness (QED) is 0.418. The van der Waals surface area contributed by atoms with E-state index in [1.165, 1.54) is 9.21 Å². The van der Waals surface area contributed by atoms with Gasteiger partial charge < -0.3 is 9.87 Å². The molecule has 2 amide bonds. The maximum absolute atomic E-state index is 13.1. The molecule has 0 aliphatic carbocycles. The maximum atomic E-state index is 13.1. The molecule has 8 heteroatoms. The Kier molecular flexibility index (Phi) is 6.55. The van der Waals surface area contributed by atoms with Crippen LogP contribution in [0, 0.1) is 0 Å². The van der Waals surface area contributed by atoms with E-state index in [0.717, 1.165) is 19.3 Å². The second kappa shape index (κ2) is 8.77. The predicted octanol–water partition coefficient (Wildman–Crippen LogP) is 2.61. The molecule has 3 rings (SSSR count). The summed E-state index contributed by atoms with van der Waals surface area (Å²) in [5, 5.41) is 2.67. The minimum atomic E-state index is -3.67. The van der Waals surface area contributed by atoms with Crippen molar-refractivity contribution in [3.8, 4) is 0 Å². The Labute approximate surface area is 173 Å². The zero-order valence-electron chi connectivity index (χ0n) is 17.1. The van der Waals surface area contributed by atoms with E-state index >= 15 is 0 Å². The maximum Gasteiger partial charge on any atom is 0.242 e. The number of amides is 2. The van der Waals surface area contributed by atoms with Crippen molar-refractivity contribution in [3.63, 3.8) is 0 Å². The third-order valence-electron chi connectivity index (χ3n) is 5.72. The van der Waals surface area contributed by atoms with E-state index in [1.807, 2.05) is 0 Å². The summed E-state index contributed by atoms with van der Waals surface area (Å²) < 4.78 is 27.6. The van der Waals surface area contributed by atoms with Gasteiger partial charge in [-0.2, -0.15) is 0 Å². The highest BCUT2D eigenvalue weighted by Gasteiger charge is 2.49. The number of rotatable bonds is 7. The van der Waals surface area contributed by atoms with Gasteiger partial charge in [0.25, 0.3) is 0 Å². The fourth-order valence-electron chi connectivity index (χ4n) is 4.35. The molecule has 2 aliphatic rings. The Bertz CT molecular complexity index is 856. The van der Waals surface area contributed by atoms with Crippen molar-refractivity contribution in [1.29, 1.82) is 0 Å². The van der Waals surface area contributed by atoms with Gasteiger partial charge in [-0.1, -0.05) is 36.1 Å². The van der Waals surface area contributed by atoms with Gasteiger partial charge in [-0.15, -0.1) is 10.9 Å². The molecule has 1 N–H and O–H groups in total. The molecule has 0 bridgehead atoms. The second-order valence-electron chi connectivity index (χ2n) is 7.58. The van der Waals surface area contributed by atoms with E-state index in [4.69, 9.17) is 0 Å². The Hall–Kier alpha value is -2.03. The summed E-state index contributed by atoms with van der Waals surface area (Å²) in [5.74, 6) is -0.509. The van der Waals surface area contributed by atoms with E-state index in [0.29, 0.717) is 24.1 Å². The number of hydrogen-bond acceptors (Lipinski definition) is 4. The summed E-state index contributed by atoms with van der Waals surface area (Å²) in [6, 6.07) is 4.36. The van der Waals surface area contributed by atoms with Gasteiger partial charge in [0.2, 0.25) is 11.8 Å². The van der Waals surface area contributed by atoms with Gasteiger partial charge in [-0.3, -0.25) is 14.5 Å². The Morgan fingerprint density at radius 3 is 2.79 bits per heavy atom. The molecule has 0 saturated carbocycles. The Morgan fingerprint density at radius 2 is 2.14 bits per heavy atom. The van der Waals surface area contributed by atoms with E-state index < -0.39 is 16.4 Å². The highest BCUT2D eigenvalue weighted by molar-refractivity contribution is 7.95. The summed E-state index contributed by atoms with van der Waals surface area (Å²) in [6.45, 7) is 6.23. The van der Waals surface area contributed by atoms with Gasteiger partial charge in [-0.05, 0) is 25.0 Å². The first-order chi connectivity index (χ1) is 13.9. The van der Waals surface area contributed by atoms with Crippen LogP contribution < -0.4 is 10.2 Å². The molecule has 29 heavy (non-hydrogen) atoms. The number of sulfonamides is 1. The number of carbonyl (C=O) groups excluding carboxylic acids is 2. The van der Waals surface area contributed by atoms with Crippen molar-refractivity contribution in [1.82, 2.24) is 9.62 Å². The monoisotopic (exact) mass is 419 g/mol. The SMILES string of the molecule is C=CCN1C[C@@H]2C[C@@H](C(=O)NC)N(C(=O)CCCCC)c3cccc(c32)[S+]1(=O)[O-]. The van der Waals surface area contributed by atoms with Crippen LogP contribution in [0.3, 0.4) is 0 Å². The van der Waals surface area contributed by atoms with Gasteiger partial charge in [0.15, 0.2) is 15.3 Å². The molecule has 1 aromatic rings. The zero-order valence-corrected chi connectivity index (χ0v) is 17.9. The van der Waals surface area contributed by atoms with Gasteiger partial charge in [0.1, 0.15) is 6.04 Å². The lowest BCUT2D eigenvalue weighted by Crippen LogP contribution is -2.55. The minimum Gasteiger partial charge on any atom is -0.593 e. The summed E-state index contributed by atoms with van der Waals surface area (Å²) in [6.07, 6.45) is 4.97. The summed E-state index contributed by atoms with van der Waals surface area (Å²) in [4.78, 5) is 27.5. The Morgan fingerprint density at radius 1 is 1.38 bits per heavy atom. The predicted molar refractivity (Wildman–Crippen MR) is 112 cm³/mol. The van der Waals surface area contributed by atoms with Crippen LogP contribution in [-0.4, -0.2) is 46.9 Å². The molecule has 0 spiro atoms. The highest BCUT2D eigenvalue weighted by Crippen LogP contribution is 2.47. The standard InChI is InChI=1S/C21H29N3O4S/c1-4-6-7-11-19(25)24-16-9-8-10-18-20(16)15(13-17(24)21(26)22-3)14-23(12-5-2)29(18,27)28/h5,8-10,15,17H,2,4,6-7,11-14H2,1,3H3,(H-,22,26,27,28)/t15-,17-/m0/s1. The number of nitrogens with zero attached hydrogens (tertiary/aromatic N) is 2. The van der Waals surface area contributed by atoms with Gasteiger partial charge in [0.05, 0.1) is 18.8 Å². The smallest absolute Gasteiger partial charge is 0.242 e. The molecule has 1 aromatic carbocycles. The molecule has 2 heterocycles. The highest BCUT2D eigenvalue weighted by atomic mass is 32.3. The lowest BCUT2D eigenvalue weighted by Gasteiger charge is -2.45. The van der Waals surface area contributed by atoms with Crippen LogP contribution in [-0.2, 0) is 24.2 Å². The van der Waals surface area contributed by atoms with Crippen LogP contribution in [0.2, 0.25) is 0 Å². The van der Waals surface area contributed by atoms with E-state index in [2.05, 4.69) is 18.8 Å². The fraction of sp³-hybridized carbons (Fsp3) is 0.524. The van der Waals surface area contributed by atoms with Crippen LogP contribution in [0.5, 0.6) is 0 Å². The van der Waals surface area contributed by atoms with Crippen molar-refractivity contribution in [2.45, 2.75) is 55.9 Å². The molecule has 1 unspecified atom stereocenters. The number of unbranched alkanes of at least 4 members (excludes halogenated alkanes) is 2. The number of anilines is 1. The van der Waals surface area contributed by atoms with Crippen molar-refractivity contribution < 1.29 is 18.4 Å². The van der Waals surface area contributed by atoms with Gasteiger partial charge in [0, 0.05) is 24.9 Å². The van der Waals surface area contributed by atoms with Crippen LogP contribution in [0.1, 0.15) is 50.5 Å². The number of likely N-dealkylation sites (N-methyl/N-ethyl adjacent to an activating group) is 1. The third kappa shape index (κ3) is 3.89. The molecule has 0 saturated heterocycles. The molecular formula is C21H29N3O4S. The van der Waals surface area contributed by atoms with Crippen LogP contribution in [0.4, 0.5) is 5.69 Å². The summed E-state index contributed by atoms with van der Waals surface area (Å²) in [5.41, 5.74) is 1.22. The topological polar surface area (TPSA) is 92.8 Å². The normalized spacial score (nSPS) is 26.0. The largest absolute Gasteiger partial charge is 0.593 e. The summed E-state index contributed by atoms with van der Waals surface area (Å²) >= 11 is 0. The van der Waals surface area contributed by atoms with Crippen LogP contribution >= 0.6 is 0 Å². The lowest BCUT2D eigenvalue weighted by atomic mass is 9.84. The van der Waals surface area contributed by atoms with Crippen LogP contribution in [0.25, 0.3) is 0 Å². The van der Waals surface area contributed by atoms with Crippen molar-refractivity contribution in [2.24, 2.45) is 0 Å². The molecule has 0 fully saturated rings. The molecule has 3 atom stereocenters. The van der Waals surface area contributed by atoms with Crippen LogP contribution in [0.15, 0.2) is 35.7 Å². The lowest BCUT2D eigenvalue weighted by molar-refractivity contribution is -0.126. The summed E-state index contributed by atoms with van der Waals surface area (Å²) in [7, 11) is -2.11. The second-order valence-corrected chi connectivity index (χ2v) is 9.49.